The van der Waals surface area contributed by atoms with Crippen LogP contribution in [-0.2, 0) is 16.6 Å². The van der Waals surface area contributed by atoms with Gasteiger partial charge >= 0.3 is 5.69 Å². The molecule has 1 aliphatic carbocycles. The largest absolute Gasteiger partial charge is 0.368 e. The van der Waals surface area contributed by atoms with E-state index in [9.17, 15) is 19.2 Å². The Morgan fingerprint density at radius 1 is 0.875 bits per heavy atom. The van der Waals surface area contributed by atoms with Crippen LogP contribution in [0.5, 0.6) is 0 Å². The molecule has 0 spiro atoms. The Morgan fingerprint density at radius 2 is 1.68 bits per heavy atom. The summed E-state index contributed by atoms with van der Waals surface area (Å²) in [5.74, 6) is 0.349. The first-order valence-corrected chi connectivity index (χ1v) is 19.7. The van der Waals surface area contributed by atoms with Crippen LogP contribution in [0.1, 0.15) is 67.5 Å². The molecule has 1 saturated carbocycles. The minimum atomic E-state index is -0.705. The zero-order valence-electron chi connectivity index (χ0n) is 32.1. The maximum Gasteiger partial charge on any atom is 0.329 e. The first-order valence-electron chi connectivity index (χ1n) is 19.7. The monoisotopic (exact) mass is 760 g/mol. The number of piperidine rings is 1. The van der Waals surface area contributed by atoms with E-state index >= 15 is 0 Å². The van der Waals surface area contributed by atoms with E-state index in [1.54, 1.807) is 41.4 Å². The van der Waals surface area contributed by atoms with Crippen molar-refractivity contribution in [3.8, 4) is 0 Å². The van der Waals surface area contributed by atoms with Gasteiger partial charge in [-0.05, 0) is 56.0 Å². The molecule has 2 atom stereocenters. The lowest BCUT2D eigenvalue weighted by atomic mass is 10.1. The van der Waals surface area contributed by atoms with Crippen LogP contribution in [0.25, 0.3) is 22.1 Å². The van der Waals surface area contributed by atoms with Gasteiger partial charge in [-0.2, -0.15) is 4.98 Å². The molecular formula is C40H48N12O4. The Labute approximate surface area is 324 Å². The fourth-order valence-electron chi connectivity index (χ4n) is 9.26. The lowest BCUT2D eigenvalue weighted by molar-refractivity contribution is -0.135. The van der Waals surface area contributed by atoms with Crippen molar-refractivity contribution in [1.29, 1.82) is 0 Å². The minimum absolute atomic E-state index is 0.0313. The molecule has 7 heterocycles. The van der Waals surface area contributed by atoms with Crippen LogP contribution in [0.3, 0.4) is 0 Å². The number of hydrogen-bond acceptors (Lipinski definition) is 11. The molecule has 3 saturated heterocycles. The quantitative estimate of drug-likeness (QED) is 0.223. The number of carbonyl (C=O) groups is 3. The SMILES string of the molecule is CN(C)C(=O)c1cc2cnc(Nc3ccc(N4CCN([C@@H]5CCN(c6cccc7c6n(C)c(=O)n7[C@@H]6CCC(=O)NC6=O)C5)CC4)cn3)nc2n1C1CCCC1. The summed E-state index contributed by atoms with van der Waals surface area (Å²) >= 11 is 0. The van der Waals surface area contributed by atoms with E-state index in [4.69, 9.17) is 9.97 Å². The van der Waals surface area contributed by atoms with Gasteiger partial charge in [-0.25, -0.2) is 14.8 Å². The number of aromatic nitrogens is 6. The predicted molar refractivity (Wildman–Crippen MR) is 214 cm³/mol. The summed E-state index contributed by atoms with van der Waals surface area (Å²) in [7, 11) is 5.31. The van der Waals surface area contributed by atoms with Crippen molar-refractivity contribution in [1.82, 2.24) is 43.8 Å². The molecule has 1 aromatic carbocycles. The normalized spacial score (nSPS) is 21.1. The molecule has 0 radical (unpaired) electrons. The lowest BCUT2D eigenvalue weighted by Gasteiger charge is -2.39. The smallest absolute Gasteiger partial charge is 0.329 e. The number of nitrogens with one attached hydrogen (secondary N) is 2. The minimum Gasteiger partial charge on any atom is -0.368 e. The van der Waals surface area contributed by atoms with Crippen molar-refractivity contribution in [3.05, 3.63) is 65.0 Å². The molecule has 2 N–H and O–H groups in total. The van der Waals surface area contributed by atoms with E-state index in [0.717, 1.165) is 99.3 Å². The van der Waals surface area contributed by atoms with Crippen molar-refractivity contribution >= 4 is 62.9 Å². The highest BCUT2D eigenvalue weighted by atomic mass is 16.2. The third-order valence-corrected chi connectivity index (χ3v) is 12.2. The van der Waals surface area contributed by atoms with Crippen molar-refractivity contribution in [3.63, 3.8) is 0 Å². The van der Waals surface area contributed by atoms with Crippen LogP contribution in [-0.4, -0.2) is 116 Å². The average molecular weight is 761 g/mol. The Hall–Kier alpha value is -5.77. The van der Waals surface area contributed by atoms with Gasteiger partial charge in [0, 0.05) is 90.5 Å². The fraction of sp³-hybridized carbons (Fsp3) is 0.475. The van der Waals surface area contributed by atoms with Gasteiger partial charge in [0.25, 0.3) is 5.91 Å². The lowest BCUT2D eigenvalue weighted by Crippen LogP contribution is -2.51. The number of piperazine rings is 1. The number of para-hydroxylation sites is 1. The van der Waals surface area contributed by atoms with Crippen molar-refractivity contribution in [2.45, 2.75) is 63.1 Å². The summed E-state index contributed by atoms with van der Waals surface area (Å²) in [6.07, 6.45) is 9.59. The number of aryl methyl sites for hydroxylation is 1. The number of fused-ring (bicyclic) bond motifs is 2. The van der Waals surface area contributed by atoms with Gasteiger partial charge in [-0.15, -0.1) is 0 Å². The summed E-state index contributed by atoms with van der Waals surface area (Å²) in [4.78, 5) is 74.2. The number of amides is 3. The first kappa shape index (κ1) is 35.9. The molecule has 16 heteroatoms. The summed E-state index contributed by atoms with van der Waals surface area (Å²) in [5.41, 5.74) is 4.76. The van der Waals surface area contributed by atoms with E-state index < -0.39 is 11.9 Å². The van der Waals surface area contributed by atoms with Gasteiger partial charge in [0.15, 0.2) is 0 Å². The van der Waals surface area contributed by atoms with Crippen LogP contribution in [0.2, 0.25) is 0 Å². The van der Waals surface area contributed by atoms with Gasteiger partial charge in [-0.3, -0.25) is 33.7 Å². The van der Waals surface area contributed by atoms with Gasteiger partial charge in [-0.1, -0.05) is 18.9 Å². The molecule has 9 rings (SSSR count). The molecule has 4 fully saturated rings. The number of nitrogens with zero attached hydrogens (tertiary/aromatic N) is 10. The van der Waals surface area contributed by atoms with Gasteiger partial charge in [0.1, 0.15) is 23.2 Å². The fourth-order valence-corrected chi connectivity index (χ4v) is 9.26. The average Bonchev–Trinajstić information content (AvgIpc) is 4.02. The van der Waals surface area contributed by atoms with E-state index in [2.05, 4.69) is 47.0 Å². The maximum atomic E-state index is 13.5. The van der Waals surface area contributed by atoms with Crippen LogP contribution in [0, 0.1) is 0 Å². The van der Waals surface area contributed by atoms with E-state index in [1.165, 1.54) is 0 Å². The molecule has 16 nitrogen and oxygen atoms in total. The molecule has 56 heavy (non-hydrogen) atoms. The topological polar surface area (TPSA) is 159 Å². The van der Waals surface area contributed by atoms with Gasteiger partial charge < -0.3 is 24.6 Å². The Bertz CT molecular complexity index is 2380. The number of rotatable bonds is 8. The highest BCUT2D eigenvalue weighted by molar-refractivity contribution is 6.01. The van der Waals surface area contributed by atoms with Gasteiger partial charge in [0.2, 0.25) is 17.8 Å². The Kier molecular flexibility index (Phi) is 9.22. The maximum absolute atomic E-state index is 13.5. The molecule has 3 amide bonds. The number of imide groups is 1. The molecular weight excluding hydrogens is 713 g/mol. The molecule has 3 aliphatic heterocycles. The third kappa shape index (κ3) is 6.34. The summed E-state index contributed by atoms with van der Waals surface area (Å²) in [5, 5.41) is 6.53. The zero-order valence-corrected chi connectivity index (χ0v) is 32.1. The third-order valence-electron chi connectivity index (χ3n) is 12.2. The second kappa shape index (κ2) is 14.4. The predicted octanol–water partition coefficient (Wildman–Crippen LogP) is 3.42. The molecule has 4 aliphatic rings. The number of anilines is 4. The highest BCUT2D eigenvalue weighted by Gasteiger charge is 2.35. The summed E-state index contributed by atoms with van der Waals surface area (Å²) in [6, 6.07) is 11.8. The Balaban J connectivity index is 0.841. The number of benzene rings is 1. The van der Waals surface area contributed by atoms with Crippen LogP contribution >= 0.6 is 0 Å². The Morgan fingerprint density at radius 3 is 2.41 bits per heavy atom. The number of imidazole rings is 1. The highest BCUT2D eigenvalue weighted by Crippen LogP contribution is 2.36. The standard InChI is InChI=1S/C40H48N12O4/c1-46(2)38(55)32-21-25-22-42-39(45-36(25)51(32)26-7-4-5-8-26)43-33-13-11-27(23-41-33)48-17-19-49(20-18-48)28-15-16-50(24-28)29-9-6-10-30-35(29)47(3)40(56)52(30)31-12-14-34(53)44-37(31)54/h6,9-11,13,21-23,26,28,31H,4-5,7-8,12,14-20,24H2,1-3H3,(H,44,53,54)(H,41,42,43,45)/t28-,31-/m1/s1. The summed E-state index contributed by atoms with van der Waals surface area (Å²) < 4.78 is 5.31. The molecule has 4 aromatic heterocycles. The van der Waals surface area contributed by atoms with E-state index in [0.29, 0.717) is 35.4 Å². The van der Waals surface area contributed by atoms with Crippen molar-refractivity contribution in [2.75, 3.05) is 68.5 Å². The number of carbonyl (C=O) groups excluding carboxylic acids is 3. The summed E-state index contributed by atoms with van der Waals surface area (Å²) in [6.45, 7) is 5.36. The van der Waals surface area contributed by atoms with Crippen LogP contribution in [0.4, 0.5) is 23.1 Å². The number of pyridine rings is 1. The number of hydrogen-bond donors (Lipinski definition) is 2. The van der Waals surface area contributed by atoms with E-state index in [1.807, 2.05) is 30.5 Å². The molecule has 0 bridgehead atoms. The second-order valence-electron chi connectivity index (χ2n) is 15.8. The first-order chi connectivity index (χ1) is 27.1. The molecule has 5 aromatic rings. The van der Waals surface area contributed by atoms with Crippen LogP contribution < -0.4 is 26.1 Å². The zero-order chi connectivity index (χ0) is 38.7. The van der Waals surface area contributed by atoms with E-state index in [-0.39, 0.29) is 30.0 Å². The molecule has 292 valence electrons. The van der Waals surface area contributed by atoms with Crippen molar-refractivity contribution in [2.24, 2.45) is 7.05 Å². The van der Waals surface area contributed by atoms with Crippen LogP contribution in [0.15, 0.2) is 53.6 Å². The van der Waals surface area contributed by atoms with Gasteiger partial charge in [0.05, 0.1) is 28.6 Å². The van der Waals surface area contributed by atoms with Crippen molar-refractivity contribution < 1.29 is 14.4 Å². The second-order valence-corrected chi connectivity index (χ2v) is 15.8. The molecule has 0 unspecified atom stereocenters.